The third-order valence-electron chi connectivity index (χ3n) is 4.81. The number of amides is 1. The number of ether oxygens (including phenoxy) is 3. The lowest BCUT2D eigenvalue weighted by atomic mass is 10.1. The summed E-state index contributed by atoms with van der Waals surface area (Å²) in [5, 5.41) is 7.46. The maximum absolute atomic E-state index is 12.4. The van der Waals surface area contributed by atoms with Crippen molar-refractivity contribution >= 4 is 23.6 Å². The maximum Gasteiger partial charge on any atom is 0.417 e. The summed E-state index contributed by atoms with van der Waals surface area (Å²) in [4.78, 5) is 25.3. The number of nitrogens with zero attached hydrogens (tertiary/aromatic N) is 1. The van der Waals surface area contributed by atoms with E-state index in [1.54, 1.807) is 48.5 Å². The number of nitrogens with one attached hydrogen (secondary N) is 1. The molecule has 1 heterocycles. The topological polar surface area (TPSA) is 141 Å². The third-order valence-corrected chi connectivity index (χ3v) is 4.81. The van der Waals surface area contributed by atoms with Crippen LogP contribution < -0.4 is 21.1 Å². The SMILES string of the molecule is COC(=O)C(N)Cc1ccc(OC2OC(=O)N(c3ccc(C(=N)N)cc3)C2C)cc1. The fourth-order valence-electron chi connectivity index (χ4n) is 3.13. The Morgan fingerprint density at radius 2 is 1.83 bits per heavy atom. The monoisotopic (exact) mass is 412 g/mol. The van der Waals surface area contributed by atoms with Crippen LogP contribution in [0.15, 0.2) is 48.5 Å². The number of nitrogens with two attached hydrogens (primary N) is 2. The van der Waals surface area contributed by atoms with Gasteiger partial charge in [-0.05, 0) is 55.3 Å². The first-order valence-electron chi connectivity index (χ1n) is 9.33. The molecule has 1 aliphatic rings. The standard InChI is InChI=1S/C21H24N4O5/c1-12-20(29-16-9-3-13(4-10-16)11-17(22)19(26)28-2)30-21(27)25(12)15-7-5-14(6-8-15)18(23)24/h3-10,12,17,20H,11,22H2,1-2H3,(H3,23,24). The van der Waals surface area contributed by atoms with Gasteiger partial charge in [-0.1, -0.05) is 12.1 Å². The Kier molecular flexibility index (Phi) is 6.22. The van der Waals surface area contributed by atoms with Crippen molar-refractivity contribution in [2.45, 2.75) is 31.7 Å². The van der Waals surface area contributed by atoms with E-state index < -0.39 is 24.4 Å². The summed E-state index contributed by atoms with van der Waals surface area (Å²) < 4.78 is 15.8. The van der Waals surface area contributed by atoms with Crippen LogP contribution in [0.1, 0.15) is 18.1 Å². The van der Waals surface area contributed by atoms with Crippen molar-refractivity contribution < 1.29 is 23.8 Å². The molecule has 1 amide bonds. The lowest BCUT2D eigenvalue weighted by Gasteiger charge is -2.21. The van der Waals surface area contributed by atoms with Crippen molar-refractivity contribution in [2.75, 3.05) is 12.0 Å². The Balaban J connectivity index is 1.65. The first-order valence-corrected chi connectivity index (χ1v) is 9.33. The van der Waals surface area contributed by atoms with Gasteiger partial charge in [0.15, 0.2) is 0 Å². The van der Waals surface area contributed by atoms with Crippen LogP contribution in [0.5, 0.6) is 5.75 Å². The van der Waals surface area contributed by atoms with Gasteiger partial charge in [-0.2, -0.15) is 0 Å². The number of methoxy groups -OCH3 is 1. The molecule has 0 spiro atoms. The Labute approximate surface area is 174 Å². The van der Waals surface area contributed by atoms with Crippen LogP contribution in [0.25, 0.3) is 0 Å². The van der Waals surface area contributed by atoms with Crippen molar-refractivity contribution in [3.63, 3.8) is 0 Å². The summed E-state index contributed by atoms with van der Waals surface area (Å²) in [5.74, 6) is -0.00180. The number of carbonyl (C=O) groups excluding carboxylic acids is 2. The molecule has 0 radical (unpaired) electrons. The number of hydrogen-bond donors (Lipinski definition) is 3. The number of rotatable bonds is 7. The summed E-state index contributed by atoms with van der Waals surface area (Å²) in [7, 11) is 1.30. The fraction of sp³-hybridized carbons (Fsp3) is 0.286. The number of benzene rings is 2. The summed E-state index contributed by atoms with van der Waals surface area (Å²) in [6.07, 6.45) is -0.983. The minimum absolute atomic E-state index is 0.0456. The largest absolute Gasteiger partial charge is 0.468 e. The molecule has 30 heavy (non-hydrogen) atoms. The molecule has 9 heteroatoms. The highest BCUT2D eigenvalue weighted by Gasteiger charge is 2.41. The van der Waals surface area contributed by atoms with E-state index in [4.69, 9.17) is 26.4 Å². The van der Waals surface area contributed by atoms with Crippen molar-refractivity contribution in [1.29, 1.82) is 5.41 Å². The number of nitrogen functional groups attached to an aromatic ring is 1. The summed E-state index contributed by atoms with van der Waals surface area (Å²) in [6, 6.07) is 12.7. The molecule has 5 N–H and O–H groups in total. The molecule has 9 nitrogen and oxygen atoms in total. The van der Waals surface area contributed by atoms with E-state index in [9.17, 15) is 9.59 Å². The Morgan fingerprint density at radius 3 is 2.40 bits per heavy atom. The zero-order chi connectivity index (χ0) is 21.8. The van der Waals surface area contributed by atoms with E-state index in [-0.39, 0.29) is 11.9 Å². The number of amidine groups is 1. The molecule has 3 unspecified atom stereocenters. The van der Waals surface area contributed by atoms with Crippen molar-refractivity contribution in [1.82, 2.24) is 0 Å². The molecule has 3 atom stereocenters. The smallest absolute Gasteiger partial charge is 0.417 e. The third kappa shape index (κ3) is 4.52. The van der Waals surface area contributed by atoms with E-state index in [0.717, 1.165) is 5.56 Å². The second-order valence-corrected chi connectivity index (χ2v) is 6.92. The minimum Gasteiger partial charge on any atom is -0.468 e. The predicted octanol–water partition coefficient (Wildman–Crippen LogP) is 1.76. The molecule has 1 fully saturated rings. The van der Waals surface area contributed by atoms with Crippen LogP contribution in [-0.4, -0.2) is 43.4 Å². The van der Waals surface area contributed by atoms with Crippen LogP contribution in [0.3, 0.4) is 0 Å². The van der Waals surface area contributed by atoms with Gasteiger partial charge in [0, 0.05) is 11.3 Å². The van der Waals surface area contributed by atoms with Gasteiger partial charge < -0.3 is 25.7 Å². The van der Waals surface area contributed by atoms with Crippen LogP contribution >= 0.6 is 0 Å². The number of carbonyl (C=O) groups is 2. The first-order chi connectivity index (χ1) is 14.3. The maximum atomic E-state index is 12.4. The lowest BCUT2D eigenvalue weighted by Crippen LogP contribution is -2.36. The number of anilines is 1. The van der Waals surface area contributed by atoms with Crippen LogP contribution in [-0.2, 0) is 20.7 Å². The van der Waals surface area contributed by atoms with Gasteiger partial charge in [-0.15, -0.1) is 0 Å². The fourth-order valence-corrected chi connectivity index (χ4v) is 3.13. The molecular weight excluding hydrogens is 388 g/mol. The van der Waals surface area contributed by atoms with E-state index in [2.05, 4.69) is 4.74 Å². The molecular formula is C21H24N4O5. The highest BCUT2D eigenvalue weighted by atomic mass is 16.7. The summed E-state index contributed by atoms with van der Waals surface area (Å²) >= 11 is 0. The first kappa shape index (κ1) is 21.1. The van der Waals surface area contributed by atoms with E-state index in [0.29, 0.717) is 23.4 Å². The Bertz CT molecular complexity index is 929. The van der Waals surface area contributed by atoms with Crippen molar-refractivity contribution in [2.24, 2.45) is 11.5 Å². The van der Waals surface area contributed by atoms with E-state index >= 15 is 0 Å². The molecule has 3 rings (SSSR count). The van der Waals surface area contributed by atoms with Gasteiger partial charge >= 0.3 is 12.1 Å². The van der Waals surface area contributed by atoms with Crippen LogP contribution in [0.4, 0.5) is 10.5 Å². The number of hydrogen-bond acceptors (Lipinski definition) is 7. The van der Waals surface area contributed by atoms with Crippen LogP contribution in [0, 0.1) is 5.41 Å². The zero-order valence-corrected chi connectivity index (χ0v) is 16.7. The lowest BCUT2D eigenvalue weighted by molar-refractivity contribution is -0.142. The Morgan fingerprint density at radius 1 is 1.20 bits per heavy atom. The second kappa shape index (κ2) is 8.83. The Hall–Kier alpha value is -3.59. The second-order valence-electron chi connectivity index (χ2n) is 6.92. The molecule has 1 aliphatic heterocycles. The van der Waals surface area contributed by atoms with Gasteiger partial charge in [0.2, 0.25) is 0 Å². The molecule has 0 aliphatic carbocycles. The zero-order valence-electron chi connectivity index (χ0n) is 16.7. The van der Waals surface area contributed by atoms with Crippen LogP contribution in [0.2, 0.25) is 0 Å². The summed E-state index contributed by atoms with van der Waals surface area (Å²) in [5.41, 5.74) is 13.3. The van der Waals surface area contributed by atoms with E-state index in [1.807, 2.05) is 6.92 Å². The van der Waals surface area contributed by atoms with Gasteiger partial charge in [0.1, 0.15) is 23.7 Å². The highest BCUT2D eigenvalue weighted by Crippen LogP contribution is 2.29. The van der Waals surface area contributed by atoms with Gasteiger partial charge in [-0.3, -0.25) is 15.1 Å². The van der Waals surface area contributed by atoms with Crippen molar-refractivity contribution in [3.8, 4) is 5.75 Å². The number of esters is 1. The average molecular weight is 412 g/mol. The molecule has 2 aromatic carbocycles. The average Bonchev–Trinajstić information content (AvgIpc) is 3.01. The van der Waals surface area contributed by atoms with Gasteiger partial charge in [0.25, 0.3) is 6.29 Å². The number of cyclic esters (lactones) is 1. The predicted molar refractivity (Wildman–Crippen MR) is 110 cm³/mol. The van der Waals surface area contributed by atoms with E-state index in [1.165, 1.54) is 12.0 Å². The van der Waals surface area contributed by atoms with Crippen molar-refractivity contribution in [3.05, 3.63) is 59.7 Å². The molecule has 2 aromatic rings. The highest BCUT2D eigenvalue weighted by molar-refractivity contribution is 5.96. The van der Waals surface area contributed by atoms with Gasteiger partial charge in [0.05, 0.1) is 7.11 Å². The minimum atomic E-state index is -0.798. The molecule has 0 aromatic heterocycles. The molecule has 0 saturated carbocycles. The molecule has 0 bridgehead atoms. The quantitative estimate of drug-likeness (QED) is 0.357. The van der Waals surface area contributed by atoms with Gasteiger partial charge in [-0.25, -0.2) is 4.79 Å². The molecule has 158 valence electrons. The normalized spacial score (nSPS) is 19.2. The molecule has 1 saturated heterocycles. The summed E-state index contributed by atoms with van der Waals surface area (Å²) in [6.45, 7) is 1.82.